The lowest BCUT2D eigenvalue weighted by molar-refractivity contribution is -0.136. The molecule has 2 saturated heterocycles. The highest BCUT2D eigenvalue weighted by Crippen LogP contribution is 2.54. The molecule has 33 heavy (non-hydrogen) atoms. The molecule has 2 amide bonds. The quantitative estimate of drug-likeness (QED) is 0.661. The molecule has 0 saturated carbocycles. The van der Waals surface area contributed by atoms with E-state index in [2.05, 4.69) is 5.10 Å². The van der Waals surface area contributed by atoms with Crippen LogP contribution in [0.1, 0.15) is 37.9 Å². The first-order chi connectivity index (χ1) is 15.8. The number of benzene rings is 2. The van der Waals surface area contributed by atoms with Crippen molar-refractivity contribution in [3.05, 3.63) is 53.6 Å². The molecule has 4 aliphatic heterocycles. The van der Waals surface area contributed by atoms with Crippen LogP contribution in [0.2, 0.25) is 0 Å². The standard InChI is InChI=1S/C25H23N3O5/c1-25(2,3)22(29)21-19-18(20-15-7-5-4-6-13(15)11-26-28(20)21)23(30)27(24(19)31)14-8-9-16-17(10-14)33-12-32-16/h4-11,18-21H,12H2,1-3H3/t18-,19+,20-,21-/m1/s1. The number of imide groups is 1. The summed E-state index contributed by atoms with van der Waals surface area (Å²) in [5.74, 6) is -1.28. The monoisotopic (exact) mass is 445 g/mol. The zero-order chi connectivity index (χ0) is 23.1. The van der Waals surface area contributed by atoms with Crippen LogP contribution in [0.3, 0.4) is 0 Å². The molecule has 0 aliphatic carbocycles. The molecule has 8 heteroatoms. The van der Waals surface area contributed by atoms with Crippen molar-refractivity contribution >= 4 is 29.5 Å². The van der Waals surface area contributed by atoms with Gasteiger partial charge in [0.05, 0.1) is 29.8 Å². The Hall–Kier alpha value is -3.68. The van der Waals surface area contributed by atoms with E-state index in [-0.39, 0.29) is 24.4 Å². The van der Waals surface area contributed by atoms with E-state index in [1.54, 1.807) is 29.4 Å². The van der Waals surface area contributed by atoms with Crippen molar-refractivity contribution in [1.82, 2.24) is 5.01 Å². The number of rotatable bonds is 2. The van der Waals surface area contributed by atoms with Crippen LogP contribution in [0.5, 0.6) is 11.5 Å². The van der Waals surface area contributed by atoms with Gasteiger partial charge in [-0.15, -0.1) is 0 Å². The van der Waals surface area contributed by atoms with Crippen LogP contribution >= 0.6 is 0 Å². The molecule has 0 aromatic heterocycles. The minimum absolute atomic E-state index is 0.0971. The Bertz CT molecular complexity index is 1250. The summed E-state index contributed by atoms with van der Waals surface area (Å²) < 4.78 is 10.8. The van der Waals surface area contributed by atoms with Gasteiger partial charge in [0.1, 0.15) is 6.04 Å². The summed E-state index contributed by atoms with van der Waals surface area (Å²) in [5, 5.41) is 6.27. The predicted molar refractivity (Wildman–Crippen MR) is 119 cm³/mol. The SMILES string of the molecule is CC(C)(C)C(=O)[C@H]1[C@H]2C(=O)N(c3ccc4c(c3)OCO4)C(=O)[C@H]2[C@H]2c3ccccc3C=NN21. The highest BCUT2D eigenvalue weighted by Gasteiger charge is 2.66. The fraction of sp³-hybridized carbons (Fsp3) is 0.360. The second-order valence-corrected chi connectivity index (χ2v) is 9.86. The number of carbonyl (C=O) groups is 3. The maximum atomic E-state index is 13.8. The van der Waals surface area contributed by atoms with Crippen LogP contribution in [0.4, 0.5) is 5.69 Å². The second-order valence-electron chi connectivity index (χ2n) is 9.86. The average Bonchev–Trinajstić information content (AvgIpc) is 3.45. The number of carbonyl (C=O) groups excluding carboxylic acids is 3. The van der Waals surface area contributed by atoms with Gasteiger partial charge in [0.25, 0.3) is 0 Å². The molecule has 4 aliphatic rings. The van der Waals surface area contributed by atoms with E-state index in [1.807, 2.05) is 45.0 Å². The molecule has 0 radical (unpaired) electrons. The lowest BCUT2D eigenvalue weighted by Crippen LogP contribution is -2.48. The molecule has 2 aromatic rings. The number of fused-ring (bicyclic) bond motifs is 6. The Kier molecular flexibility index (Phi) is 4.03. The molecular formula is C25H23N3O5. The van der Waals surface area contributed by atoms with Crippen LogP contribution in [0.15, 0.2) is 47.6 Å². The number of Topliss-reactive ketones (excluding diaryl/α,β-unsaturated/α-hetero) is 1. The highest BCUT2D eigenvalue weighted by atomic mass is 16.7. The van der Waals surface area contributed by atoms with Crippen molar-refractivity contribution in [2.45, 2.75) is 32.9 Å². The van der Waals surface area contributed by atoms with E-state index in [0.29, 0.717) is 17.2 Å². The molecule has 6 rings (SSSR count). The maximum Gasteiger partial charge on any atom is 0.240 e. The highest BCUT2D eigenvalue weighted by molar-refractivity contribution is 6.24. The Morgan fingerprint density at radius 2 is 1.73 bits per heavy atom. The van der Waals surface area contributed by atoms with E-state index in [4.69, 9.17) is 9.47 Å². The fourth-order valence-electron chi connectivity index (χ4n) is 5.39. The van der Waals surface area contributed by atoms with Crippen molar-refractivity contribution in [1.29, 1.82) is 0 Å². The van der Waals surface area contributed by atoms with Crippen molar-refractivity contribution in [3.8, 4) is 11.5 Å². The summed E-state index contributed by atoms with van der Waals surface area (Å²) in [6, 6.07) is 11.4. The summed E-state index contributed by atoms with van der Waals surface area (Å²) >= 11 is 0. The number of amides is 2. The van der Waals surface area contributed by atoms with Gasteiger partial charge in [-0.05, 0) is 23.3 Å². The third kappa shape index (κ3) is 2.70. The number of hydrogen-bond donors (Lipinski definition) is 0. The summed E-state index contributed by atoms with van der Waals surface area (Å²) in [7, 11) is 0. The van der Waals surface area contributed by atoms with Gasteiger partial charge in [-0.25, -0.2) is 4.90 Å². The van der Waals surface area contributed by atoms with Crippen LogP contribution in [0, 0.1) is 17.3 Å². The smallest absolute Gasteiger partial charge is 0.240 e. The van der Waals surface area contributed by atoms with Crippen molar-refractivity contribution in [3.63, 3.8) is 0 Å². The van der Waals surface area contributed by atoms with Crippen LogP contribution in [-0.2, 0) is 14.4 Å². The third-order valence-corrected chi connectivity index (χ3v) is 6.92. The largest absolute Gasteiger partial charge is 0.454 e. The van der Waals surface area contributed by atoms with Crippen LogP contribution < -0.4 is 14.4 Å². The van der Waals surface area contributed by atoms with Crippen molar-refractivity contribution in [2.75, 3.05) is 11.7 Å². The lowest BCUT2D eigenvalue weighted by Gasteiger charge is -2.35. The first-order valence-corrected chi connectivity index (χ1v) is 11.0. The van der Waals surface area contributed by atoms with E-state index < -0.39 is 29.3 Å². The summed E-state index contributed by atoms with van der Waals surface area (Å²) in [6.45, 7) is 5.59. The third-order valence-electron chi connectivity index (χ3n) is 6.92. The Morgan fingerprint density at radius 3 is 2.52 bits per heavy atom. The Balaban J connectivity index is 1.49. The number of anilines is 1. The van der Waals surface area contributed by atoms with Gasteiger partial charge in [-0.2, -0.15) is 5.10 Å². The van der Waals surface area contributed by atoms with Gasteiger partial charge in [0.2, 0.25) is 18.6 Å². The maximum absolute atomic E-state index is 13.8. The molecule has 4 heterocycles. The van der Waals surface area contributed by atoms with Gasteiger partial charge in [-0.1, -0.05) is 45.0 Å². The first kappa shape index (κ1) is 20.0. The lowest BCUT2D eigenvalue weighted by atomic mass is 9.79. The molecule has 4 atom stereocenters. The molecular weight excluding hydrogens is 422 g/mol. The van der Waals surface area contributed by atoms with Gasteiger partial charge in [0, 0.05) is 11.5 Å². The minimum atomic E-state index is -0.819. The summed E-state index contributed by atoms with van der Waals surface area (Å²) in [6.07, 6.45) is 1.71. The first-order valence-electron chi connectivity index (χ1n) is 11.0. The topological polar surface area (TPSA) is 88.5 Å². The fourth-order valence-corrected chi connectivity index (χ4v) is 5.39. The minimum Gasteiger partial charge on any atom is -0.454 e. The second kappa shape index (κ2) is 6.66. The van der Waals surface area contributed by atoms with Gasteiger partial charge < -0.3 is 9.47 Å². The molecule has 0 bridgehead atoms. The average molecular weight is 445 g/mol. The van der Waals surface area contributed by atoms with E-state index >= 15 is 0 Å². The zero-order valence-electron chi connectivity index (χ0n) is 18.5. The number of nitrogens with zero attached hydrogens (tertiary/aromatic N) is 3. The Labute approximate surface area is 190 Å². The predicted octanol–water partition coefficient (Wildman–Crippen LogP) is 2.91. The molecule has 2 fully saturated rings. The molecule has 2 aromatic carbocycles. The Morgan fingerprint density at radius 1 is 1.00 bits per heavy atom. The van der Waals surface area contributed by atoms with Gasteiger partial charge in [-0.3, -0.25) is 19.4 Å². The molecule has 0 N–H and O–H groups in total. The number of ether oxygens (including phenoxy) is 2. The summed E-state index contributed by atoms with van der Waals surface area (Å²) in [5.41, 5.74) is 1.51. The van der Waals surface area contributed by atoms with E-state index in [1.165, 1.54) is 4.90 Å². The van der Waals surface area contributed by atoms with Crippen LogP contribution in [-0.4, -0.2) is 41.7 Å². The molecule has 8 nitrogen and oxygen atoms in total. The van der Waals surface area contributed by atoms with Crippen molar-refractivity contribution < 1.29 is 23.9 Å². The van der Waals surface area contributed by atoms with E-state index in [9.17, 15) is 14.4 Å². The zero-order valence-corrected chi connectivity index (χ0v) is 18.5. The number of hydrogen-bond acceptors (Lipinski definition) is 7. The molecule has 168 valence electrons. The van der Waals surface area contributed by atoms with E-state index in [0.717, 1.165) is 11.1 Å². The number of hydrazone groups is 1. The summed E-state index contributed by atoms with van der Waals surface area (Å²) in [4.78, 5) is 42.4. The van der Waals surface area contributed by atoms with Crippen LogP contribution in [0.25, 0.3) is 0 Å². The van der Waals surface area contributed by atoms with Crippen molar-refractivity contribution in [2.24, 2.45) is 22.4 Å². The van der Waals surface area contributed by atoms with Gasteiger partial charge >= 0.3 is 0 Å². The number of ketones is 1. The molecule has 0 spiro atoms. The van der Waals surface area contributed by atoms with Gasteiger partial charge in [0.15, 0.2) is 17.3 Å². The molecule has 0 unspecified atom stereocenters. The normalized spacial score (nSPS) is 27.0.